The van der Waals surface area contributed by atoms with Crippen LogP contribution >= 0.6 is 11.6 Å². The number of hydrogen-bond acceptors (Lipinski definition) is 3. The van der Waals surface area contributed by atoms with Gasteiger partial charge < -0.3 is 10.2 Å². The van der Waals surface area contributed by atoms with E-state index in [1.54, 1.807) is 10.9 Å². The summed E-state index contributed by atoms with van der Waals surface area (Å²) in [7, 11) is 1.83. The van der Waals surface area contributed by atoms with E-state index in [0.717, 1.165) is 22.6 Å². The number of rotatable bonds is 3. The lowest BCUT2D eigenvalue weighted by molar-refractivity contribution is 0.528. The Bertz CT molecular complexity index is 530. The second-order valence-electron chi connectivity index (χ2n) is 4.28. The van der Waals surface area contributed by atoms with Crippen molar-refractivity contribution in [3.05, 3.63) is 40.1 Å². The number of halogens is 1. The molecule has 1 atom stereocenters. The molecule has 0 fully saturated rings. The third-order valence-electron chi connectivity index (χ3n) is 2.87. The molecule has 4 nitrogen and oxygen atoms in total. The largest absolute Gasteiger partial charge is 0.469 e. The first-order valence-corrected chi connectivity index (χ1v) is 5.85. The molecule has 0 saturated carbocycles. The Morgan fingerprint density at radius 2 is 2.24 bits per heavy atom. The Kier molecular flexibility index (Phi) is 3.26. The van der Waals surface area contributed by atoms with E-state index in [1.165, 1.54) is 0 Å². The highest BCUT2D eigenvalue weighted by molar-refractivity contribution is 6.30. The average molecular weight is 254 g/mol. The minimum Gasteiger partial charge on any atom is -0.469 e. The maximum absolute atomic E-state index is 6.17. The van der Waals surface area contributed by atoms with Crippen LogP contribution in [-0.4, -0.2) is 9.78 Å². The van der Waals surface area contributed by atoms with Crippen LogP contribution in [0.25, 0.3) is 0 Å². The molecule has 5 heteroatoms. The standard InChI is InChI=1S/C12H16ClN3O/c1-7-4-9(6-17-7)11(14)5-10-8(2)15-16(3)12(10)13/h4,6,11H,5,14H2,1-3H3. The van der Waals surface area contributed by atoms with E-state index < -0.39 is 0 Å². The molecule has 2 heterocycles. The van der Waals surface area contributed by atoms with E-state index in [2.05, 4.69) is 5.10 Å². The molecule has 2 aromatic rings. The van der Waals surface area contributed by atoms with Gasteiger partial charge in [0, 0.05) is 24.2 Å². The lowest BCUT2D eigenvalue weighted by Gasteiger charge is -2.08. The molecule has 1 unspecified atom stereocenters. The van der Waals surface area contributed by atoms with Crippen LogP contribution in [0.5, 0.6) is 0 Å². The van der Waals surface area contributed by atoms with Crippen molar-refractivity contribution in [3.8, 4) is 0 Å². The summed E-state index contributed by atoms with van der Waals surface area (Å²) in [5.41, 5.74) is 9.04. The maximum Gasteiger partial charge on any atom is 0.130 e. The maximum atomic E-state index is 6.17. The zero-order valence-corrected chi connectivity index (χ0v) is 11.0. The van der Waals surface area contributed by atoms with E-state index in [-0.39, 0.29) is 6.04 Å². The predicted octanol–water partition coefficient (Wildman–Crippen LogP) is 2.53. The monoisotopic (exact) mass is 253 g/mol. The second kappa shape index (κ2) is 4.55. The van der Waals surface area contributed by atoms with Crippen LogP contribution in [0.3, 0.4) is 0 Å². The molecule has 2 aromatic heterocycles. The Labute approximate surface area is 105 Å². The van der Waals surface area contributed by atoms with Gasteiger partial charge in [-0.2, -0.15) is 5.10 Å². The van der Waals surface area contributed by atoms with Crippen molar-refractivity contribution in [1.29, 1.82) is 0 Å². The normalized spacial score (nSPS) is 13.0. The number of hydrogen-bond donors (Lipinski definition) is 1. The lowest BCUT2D eigenvalue weighted by atomic mass is 10.0. The van der Waals surface area contributed by atoms with Crippen LogP contribution in [0.15, 0.2) is 16.7 Å². The van der Waals surface area contributed by atoms with Gasteiger partial charge in [0.05, 0.1) is 12.0 Å². The summed E-state index contributed by atoms with van der Waals surface area (Å²) in [4.78, 5) is 0. The molecule has 2 rings (SSSR count). The fourth-order valence-corrected chi connectivity index (χ4v) is 2.15. The SMILES string of the molecule is Cc1cc(C(N)Cc2c(C)nn(C)c2Cl)co1. The van der Waals surface area contributed by atoms with Crippen LogP contribution in [0.4, 0.5) is 0 Å². The van der Waals surface area contributed by atoms with Crippen LogP contribution in [0.2, 0.25) is 5.15 Å². The minimum absolute atomic E-state index is 0.118. The Morgan fingerprint density at radius 3 is 2.71 bits per heavy atom. The molecule has 0 amide bonds. The summed E-state index contributed by atoms with van der Waals surface area (Å²) in [5.74, 6) is 0.865. The van der Waals surface area contributed by atoms with E-state index in [0.29, 0.717) is 11.6 Å². The van der Waals surface area contributed by atoms with Gasteiger partial charge in [-0.15, -0.1) is 0 Å². The average Bonchev–Trinajstić information content (AvgIpc) is 2.79. The molecule has 0 bridgehead atoms. The molecule has 0 saturated heterocycles. The summed E-state index contributed by atoms with van der Waals surface area (Å²) in [6, 6.07) is 1.83. The highest BCUT2D eigenvalue weighted by Crippen LogP contribution is 2.25. The van der Waals surface area contributed by atoms with E-state index in [9.17, 15) is 0 Å². The zero-order chi connectivity index (χ0) is 12.6. The van der Waals surface area contributed by atoms with Crippen molar-refractivity contribution in [2.75, 3.05) is 0 Å². The number of aromatic nitrogens is 2. The molecule has 0 aliphatic carbocycles. The lowest BCUT2D eigenvalue weighted by Crippen LogP contribution is -2.13. The van der Waals surface area contributed by atoms with Crippen LogP contribution in [0, 0.1) is 13.8 Å². The van der Waals surface area contributed by atoms with Gasteiger partial charge in [0.2, 0.25) is 0 Å². The van der Waals surface area contributed by atoms with E-state index >= 15 is 0 Å². The highest BCUT2D eigenvalue weighted by Gasteiger charge is 2.16. The van der Waals surface area contributed by atoms with Crippen molar-refractivity contribution in [2.24, 2.45) is 12.8 Å². The summed E-state index contributed by atoms with van der Waals surface area (Å²) in [6.45, 7) is 3.84. The fraction of sp³-hybridized carbons (Fsp3) is 0.417. The topological polar surface area (TPSA) is 57.0 Å². The minimum atomic E-state index is -0.118. The van der Waals surface area contributed by atoms with Crippen molar-refractivity contribution in [1.82, 2.24) is 9.78 Å². The first-order chi connectivity index (χ1) is 7.99. The summed E-state index contributed by atoms with van der Waals surface area (Å²) < 4.78 is 6.92. The fourth-order valence-electron chi connectivity index (χ4n) is 1.90. The van der Waals surface area contributed by atoms with Gasteiger partial charge in [0.1, 0.15) is 10.9 Å². The molecule has 92 valence electrons. The Balaban J connectivity index is 2.21. The van der Waals surface area contributed by atoms with Crippen LogP contribution in [0.1, 0.15) is 28.6 Å². The molecule has 2 N–H and O–H groups in total. The van der Waals surface area contributed by atoms with Crippen molar-refractivity contribution in [3.63, 3.8) is 0 Å². The van der Waals surface area contributed by atoms with Crippen molar-refractivity contribution >= 4 is 11.6 Å². The second-order valence-corrected chi connectivity index (χ2v) is 4.64. The first-order valence-electron chi connectivity index (χ1n) is 5.47. The number of nitrogens with two attached hydrogens (primary N) is 1. The van der Waals surface area contributed by atoms with Gasteiger partial charge in [-0.1, -0.05) is 11.6 Å². The third-order valence-corrected chi connectivity index (χ3v) is 3.35. The predicted molar refractivity (Wildman–Crippen MR) is 67.0 cm³/mol. The summed E-state index contributed by atoms with van der Waals surface area (Å²) in [5, 5.41) is 4.92. The molecule has 0 aromatic carbocycles. The smallest absolute Gasteiger partial charge is 0.130 e. The first kappa shape index (κ1) is 12.2. The van der Waals surface area contributed by atoms with Gasteiger partial charge in [-0.25, -0.2) is 0 Å². The van der Waals surface area contributed by atoms with Gasteiger partial charge in [-0.3, -0.25) is 4.68 Å². The molecule has 0 radical (unpaired) electrons. The number of furan rings is 1. The Morgan fingerprint density at radius 1 is 1.53 bits per heavy atom. The number of nitrogens with zero attached hydrogens (tertiary/aromatic N) is 2. The van der Waals surface area contributed by atoms with Gasteiger partial charge in [0.15, 0.2) is 0 Å². The molecule has 0 spiro atoms. The highest BCUT2D eigenvalue weighted by atomic mass is 35.5. The third kappa shape index (κ3) is 2.37. The van der Waals surface area contributed by atoms with Gasteiger partial charge in [-0.05, 0) is 26.3 Å². The van der Waals surface area contributed by atoms with Gasteiger partial charge >= 0.3 is 0 Å². The summed E-state index contributed by atoms with van der Waals surface area (Å²) in [6.07, 6.45) is 2.36. The van der Waals surface area contributed by atoms with E-state index in [1.807, 2.05) is 27.0 Å². The quantitative estimate of drug-likeness (QED) is 0.915. The van der Waals surface area contributed by atoms with Crippen LogP contribution < -0.4 is 5.73 Å². The summed E-state index contributed by atoms with van der Waals surface area (Å²) >= 11 is 6.17. The van der Waals surface area contributed by atoms with Crippen LogP contribution in [-0.2, 0) is 13.5 Å². The van der Waals surface area contributed by atoms with Crippen molar-refractivity contribution < 1.29 is 4.42 Å². The Hall–Kier alpha value is -1.26. The zero-order valence-electron chi connectivity index (χ0n) is 10.2. The van der Waals surface area contributed by atoms with E-state index in [4.69, 9.17) is 21.8 Å². The molecular formula is C12H16ClN3O. The molecule has 0 aliphatic rings. The molecule has 17 heavy (non-hydrogen) atoms. The molecule has 0 aliphatic heterocycles. The molecular weight excluding hydrogens is 238 g/mol. The van der Waals surface area contributed by atoms with Gasteiger partial charge in [0.25, 0.3) is 0 Å². The number of aryl methyl sites for hydroxylation is 3. The van der Waals surface area contributed by atoms with Crippen molar-refractivity contribution in [2.45, 2.75) is 26.3 Å².